The molecule has 5 nitrogen and oxygen atoms in total. The van der Waals surface area contributed by atoms with Crippen LogP contribution in [-0.2, 0) is 4.74 Å². The van der Waals surface area contributed by atoms with Gasteiger partial charge in [0.25, 0.3) is 0 Å². The first kappa shape index (κ1) is 15.6. The number of hydrogen-bond donors (Lipinski definition) is 1. The smallest absolute Gasteiger partial charge is 0.343 e. The molecule has 0 spiro atoms. The Labute approximate surface area is 128 Å². The highest BCUT2D eigenvalue weighted by molar-refractivity contribution is 5.96. The van der Waals surface area contributed by atoms with E-state index < -0.39 is 11.9 Å². The maximum absolute atomic E-state index is 12.1. The van der Waals surface area contributed by atoms with Crippen molar-refractivity contribution in [1.82, 2.24) is 0 Å². The van der Waals surface area contributed by atoms with Gasteiger partial charge in [-0.25, -0.2) is 9.59 Å². The second-order valence-corrected chi connectivity index (χ2v) is 4.57. The third-order valence-electron chi connectivity index (χ3n) is 2.85. The molecule has 5 heteroatoms. The van der Waals surface area contributed by atoms with Crippen LogP contribution in [0.25, 0.3) is 0 Å². The first-order chi connectivity index (χ1) is 10.6. The van der Waals surface area contributed by atoms with Crippen LogP contribution in [0.3, 0.4) is 0 Å². The predicted octanol–water partition coefficient (Wildman–Crippen LogP) is 3.18. The van der Waals surface area contributed by atoms with Crippen LogP contribution in [0.1, 0.15) is 34.1 Å². The number of esters is 2. The molecular weight excluding hydrogens is 284 g/mol. The van der Waals surface area contributed by atoms with Crippen molar-refractivity contribution in [3.05, 3.63) is 59.7 Å². The molecular formula is C17H16O5. The van der Waals surface area contributed by atoms with Crippen molar-refractivity contribution in [3.63, 3.8) is 0 Å². The molecule has 0 aliphatic heterocycles. The molecule has 1 N–H and O–H groups in total. The Balaban J connectivity index is 2.17. The van der Waals surface area contributed by atoms with E-state index >= 15 is 0 Å². The number of aromatic hydroxyl groups is 1. The molecule has 0 saturated heterocycles. The minimum absolute atomic E-state index is 0.0556. The Bertz CT molecular complexity index is 661. The number of para-hydroxylation sites is 1. The zero-order valence-electron chi connectivity index (χ0n) is 12.1. The molecule has 114 valence electrons. The zero-order valence-corrected chi connectivity index (χ0v) is 12.1. The highest BCUT2D eigenvalue weighted by Crippen LogP contribution is 2.21. The minimum atomic E-state index is -0.615. The predicted molar refractivity (Wildman–Crippen MR) is 80.1 cm³/mol. The number of phenolic OH excluding ortho intramolecular Hbond substituents is 1. The lowest BCUT2D eigenvalue weighted by atomic mass is 10.2. The van der Waals surface area contributed by atoms with E-state index in [1.54, 1.807) is 12.1 Å². The highest BCUT2D eigenvalue weighted by Gasteiger charge is 2.17. The topological polar surface area (TPSA) is 72.8 Å². The average Bonchev–Trinajstić information content (AvgIpc) is 2.53. The molecule has 0 bridgehead atoms. The number of ether oxygens (including phenoxy) is 2. The molecule has 2 aromatic rings. The average molecular weight is 300 g/mol. The van der Waals surface area contributed by atoms with E-state index in [9.17, 15) is 14.7 Å². The Kier molecular flexibility index (Phi) is 5.14. The van der Waals surface area contributed by atoms with E-state index in [-0.39, 0.29) is 22.6 Å². The minimum Gasteiger partial charge on any atom is -0.508 e. The fourth-order valence-electron chi connectivity index (χ4n) is 1.75. The summed E-state index contributed by atoms with van der Waals surface area (Å²) in [6, 6.07) is 12.1. The van der Waals surface area contributed by atoms with Gasteiger partial charge in [-0.15, -0.1) is 0 Å². The van der Waals surface area contributed by atoms with Crippen LogP contribution < -0.4 is 4.74 Å². The second kappa shape index (κ2) is 7.26. The van der Waals surface area contributed by atoms with Gasteiger partial charge in [0.2, 0.25) is 0 Å². The van der Waals surface area contributed by atoms with E-state index in [0.717, 1.165) is 0 Å². The van der Waals surface area contributed by atoms with E-state index in [4.69, 9.17) is 9.47 Å². The van der Waals surface area contributed by atoms with Gasteiger partial charge < -0.3 is 14.6 Å². The molecule has 0 aliphatic carbocycles. The Morgan fingerprint density at radius 2 is 1.68 bits per heavy atom. The van der Waals surface area contributed by atoms with Crippen molar-refractivity contribution in [2.75, 3.05) is 6.61 Å². The van der Waals surface area contributed by atoms with Crippen LogP contribution in [0.2, 0.25) is 0 Å². The fourth-order valence-corrected chi connectivity index (χ4v) is 1.75. The van der Waals surface area contributed by atoms with Gasteiger partial charge in [-0.1, -0.05) is 19.1 Å². The van der Waals surface area contributed by atoms with Crippen LogP contribution >= 0.6 is 0 Å². The van der Waals surface area contributed by atoms with Gasteiger partial charge in [0, 0.05) is 0 Å². The molecule has 0 fully saturated rings. The zero-order chi connectivity index (χ0) is 15.9. The van der Waals surface area contributed by atoms with E-state index in [0.29, 0.717) is 13.0 Å². The summed E-state index contributed by atoms with van der Waals surface area (Å²) in [7, 11) is 0. The maximum atomic E-state index is 12.1. The highest BCUT2D eigenvalue weighted by atomic mass is 16.5. The van der Waals surface area contributed by atoms with Crippen molar-refractivity contribution in [1.29, 1.82) is 0 Å². The number of benzene rings is 2. The molecule has 0 aliphatic rings. The normalized spacial score (nSPS) is 10.0. The summed E-state index contributed by atoms with van der Waals surface area (Å²) in [6.07, 6.45) is 0.710. The maximum Gasteiger partial charge on any atom is 0.343 e. The van der Waals surface area contributed by atoms with Gasteiger partial charge in [0.05, 0.1) is 12.2 Å². The van der Waals surface area contributed by atoms with Gasteiger partial charge in [-0.05, 0) is 42.8 Å². The third-order valence-corrected chi connectivity index (χ3v) is 2.85. The molecule has 2 rings (SSSR count). The summed E-state index contributed by atoms with van der Waals surface area (Å²) in [5.74, 6) is -0.950. The largest absolute Gasteiger partial charge is 0.508 e. The van der Waals surface area contributed by atoms with Crippen molar-refractivity contribution >= 4 is 11.9 Å². The van der Waals surface area contributed by atoms with E-state index in [1.165, 1.54) is 36.4 Å². The van der Waals surface area contributed by atoms with Crippen LogP contribution in [0, 0.1) is 0 Å². The SMILES string of the molecule is CCCOC(=O)c1ccccc1OC(=O)c1ccc(O)cc1. The molecule has 0 heterocycles. The number of carbonyl (C=O) groups is 2. The Morgan fingerprint density at radius 3 is 2.36 bits per heavy atom. The van der Waals surface area contributed by atoms with Crippen LogP contribution in [-0.4, -0.2) is 23.7 Å². The Morgan fingerprint density at radius 1 is 1.00 bits per heavy atom. The van der Waals surface area contributed by atoms with Crippen LogP contribution in [0.5, 0.6) is 11.5 Å². The quantitative estimate of drug-likeness (QED) is 0.678. The van der Waals surface area contributed by atoms with Crippen molar-refractivity contribution in [2.45, 2.75) is 13.3 Å². The van der Waals surface area contributed by atoms with Gasteiger partial charge in [0.1, 0.15) is 17.1 Å². The lowest BCUT2D eigenvalue weighted by Crippen LogP contribution is -2.13. The summed E-state index contributed by atoms with van der Waals surface area (Å²) >= 11 is 0. The van der Waals surface area contributed by atoms with Crippen LogP contribution in [0.4, 0.5) is 0 Å². The summed E-state index contributed by atoms with van der Waals surface area (Å²) < 4.78 is 10.3. The summed E-state index contributed by atoms with van der Waals surface area (Å²) in [5, 5.41) is 9.21. The van der Waals surface area contributed by atoms with Gasteiger partial charge in [0.15, 0.2) is 0 Å². The van der Waals surface area contributed by atoms with Crippen molar-refractivity contribution in [2.24, 2.45) is 0 Å². The Hall–Kier alpha value is -2.82. The summed E-state index contributed by atoms with van der Waals surface area (Å²) in [5.41, 5.74) is 0.470. The van der Waals surface area contributed by atoms with Gasteiger partial charge >= 0.3 is 11.9 Å². The lowest BCUT2D eigenvalue weighted by molar-refractivity contribution is 0.0499. The molecule has 0 aromatic heterocycles. The lowest BCUT2D eigenvalue weighted by Gasteiger charge is -2.09. The number of carbonyl (C=O) groups excluding carboxylic acids is 2. The number of phenols is 1. The van der Waals surface area contributed by atoms with E-state index in [2.05, 4.69) is 0 Å². The van der Waals surface area contributed by atoms with Gasteiger partial charge in [-0.2, -0.15) is 0 Å². The van der Waals surface area contributed by atoms with Crippen molar-refractivity contribution in [3.8, 4) is 11.5 Å². The summed E-state index contributed by atoms with van der Waals surface area (Å²) in [6.45, 7) is 2.20. The van der Waals surface area contributed by atoms with E-state index in [1.807, 2.05) is 6.92 Å². The molecule has 0 atom stereocenters. The van der Waals surface area contributed by atoms with Crippen LogP contribution in [0.15, 0.2) is 48.5 Å². The number of hydrogen-bond acceptors (Lipinski definition) is 5. The first-order valence-electron chi connectivity index (χ1n) is 6.89. The first-order valence-corrected chi connectivity index (χ1v) is 6.89. The molecule has 2 aromatic carbocycles. The van der Waals surface area contributed by atoms with Gasteiger partial charge in [-0.3, -0.25) is 0 Å². The third kappa shape index (κ3) is 3.85. The molecule has 0 amide bonds. The molecule has 0 radical (unpaired) electrons. The monoisotopic (exact) mass is 300 g/mol. The summed E-state index contributed by atoms with van der Waals surface area (Å²) in [4.78, 5) is 24.0. The number of rotatable bonds is 5. The standard InChI is InChI=1S/C17H16O5/c1-2-11-21-17(20)14-5-3-4-6-15(14)22-16(19)12-7-9-13(18)10-8-12/h3-10,18H,2,11H2,1H3. The molecule has 0 saturated carbocycles. The second-order valence-electron chi connectivity index (χ2n) is 4.57. The fraction of sp³-hybridized carbons (Fsp3) is 0.176. The molecule has 0 unspecified atom stereocenters. The van der Waals surface area contributed by atoms with Crippen molar-refractivity contribution < 1.29 is 24.2 Å². The molecule has 22 heavy (non-hydrogen) atoms.